The molecule has 0 aliphatic heterocycles. The smallest absolute Gasteiger partial charge is 0.146 e. The molecule has 0 bridgehead atoms. The van der Waals surface area contributed by atoms with Gasteiger partial charge in [0.05, 0.1) is 0 Å². The van der Waals surface area contributed by atoms with Crippen LogP contribution in [0.3, 0.4) is 0 Å². The van der Waals surface area contributed by atoms with Crippen LogP contribution in [0.2, 0.25) is 0 Å². The van der Waals surface area contributed by atoms with E-state index in [1.54, 1.807) is 0 Å². The van der Waals surface area contributed by atoms with Crippen LogP contribution >= 0.6 is 0 Å². The standard InChI is InChI=1S/C9H20O4.C4H10O2.2C3H8.CH2O/c10-5-1-3-7-12-9-13-8-4-2-6-11;5-3-1-2-4-6;2*1-3-2;1-2/h10-11H,1-9H2;5-6H,1-4H2;2*3H2,1-2H3;1H2. The lowest BCUT2D eigenvalue weighted by atomic mass is 10.3. The number of aliphatic hydroxyl groups is 4. The van der Waals surface area contributed by atoms with E-state index in [2.05, 4.69) is 27.7 Å². The van der Waals surface area contributed by atoms with Crippen LogP contribution in [0.15, 0.2) is 0 Å². The molecule has 0 aliphatic carbocycles. The van der Waals surface area contributed by atoms with Crippen LogP contribution in [0.5, 0.6) is 0 Å². The van der Waals surface area contributed by atoms with Crippen LogP contribution < -0.4 is 0 Å². The zero-order chi connectivity index (χ0) is 22.0. The number of unbranched alkanes of at least 4 members (excludes halogenated alkanes) is 3. The van der Waals surface area contributed by atoms with Gasteiger partial charge < -0.3 is 34.7 Å². The van der Waals surface area contributed by atoms with Crippen molar-refractivity contribution in [1.82, 2.24) is 0 Å². The molecule has 0 aromatic rings. The third-order valence-corrected chi connectivity index (χ3v) is 2.13. The van der Waals surface area contributed by atoms with Crippen molar-refractivity contribution in [3.05, 3.63) is 0 Å². The Morgan fingerprint density at radius 1 is 0.556 bits per heavy atom. The van der Waals surface area contributed by atoms with Gasteiger partial charge >= 0.3 is 0 Å². The Balaban J connectivity index is -0.0000000955. The molecule has 7 nitrogen and oxygen atoms in total. The van der Waals surface area contributed by atoms with Gasteiger partial charge in [-0.2, -0.15) is 0 Å². The average molecular weight is 401 g/mol. The number of hydrogen-bond donors (Lipinski definition) is 4. The lowest BCUT2D eigenvalue weighted by Crippen LogP contribution is -2.03. The van der Waals surface area contributed by atoms with Crippen LogP contribution in [0, 0.1) is 0 Å². The van der Waals surface area contributed by atoms with Crippen LogP contribution in [0.1, 0.15) is 79.1 Å². The van der Waals surface area contributed by atoms with Gasteiger partial charge in [0.25, 0.3) is 0 Å². The highest BCUT2D eigenvalue weighted by molar-refractivity contribution is 5.10. The number of ether oxygens (including phenoxy) is 2. The van der Waals surface area contributed by atoms with E-state index in [9.17, 15) is 0 Å². The third kappa shape index (κ3) is 90.4. The van der Waals surface area contributed by atoms with E-state index in [4.69, 9.17) is 34.7 Å². The molecule has 0 amide bonds. The predicted molar refractivity (Wildman–Crippen MR) is 112 cm³/mol. The van der Waals surface area contributed by atoms with Crippen molar-refractivity contribution in [1.29, 1.82) is 0 Å². The van der Waals surface area contributed by atoms with E-state index < -0.39 is 0 Å². The molecule has 0 saturated carbocycles. The van der Waals surface area contributed by atoms with Gasteiger partial charge in [0.1, 0.15) is 13.6 Å². The molecule has 0 spiro atoms. The van der Waals surface area contributed by atoms with Gasteiger partial charge in [-0.05, 0) is 38.5 Å². The maximum Gasteiger partial charge on any atom is 0.146 e. The summed E-state index contributed by atoms with van der Waals surface area (Å²) in [6.07, 6.45) is 7.25. The summed E-state index contributed by atoms with van der Waals surface area (Å²) < 4.78 is 10.2. The SMILES string of the molecule is C=O.CCC.CCC.OCCCCO.OCCCCOCOCCCCO. The maximum absolute atomic E-state index is 8.46. The number of aliphatic hydroxyl groups excluding tert-OH is 4. The Hall–Kier alpha value is -0.570. The van der Waals surface area contributed by atoms with Crippen molar-refractivity contribution in [2.75, 3.05) is 46.4 Å². The van der Waals surface area contributed by atoms with Gasteiger partial charge in [-0.1, -0.05) is 40.5 Å². The first-order chi connectivity index (χ1) is 13.2. The summed E-state index contributed by atoms with van der Waals surface area (Å²) >= 11 is 0. The first-order valence-electron chi connectivity index (χ1n) is 10.0. The summed E-state index contributed by atoms with van der Waals surface area (Å²) in [5.74, 6) is 0. The van der Waals surface area contributed by atoms with Gasteiger partial charge in [0.2, 0.25) is 0 Å². The second-order valence-electron chi connectivity index (χ2n) is 5.36. The number of carbonyl (C=O) groups is 1. The molecule has 0 saturated heterocycles. The Morgan fingerprint density at radius 3 is 1.00 bits per heavy atom. The van der Waals surface area contributed by atoms with E-state index in [1.807, 2.05) is 6.79 Å². The molecule has 0 aliphatic rings. The van der Waals surface area contributed by atoms with E-state index in [0.717, 1.165) is 38.5 Å². The largest absolute Gasteiger partial charge is 0.396 e. The molecule has 0 rings (SSSR count). The summed E-state index contributed by atoms with van der Waals surface area (Å²) in [7, 11) is 0. The molecule has 27 heavy (non-hydrogen) atoms. The van der Waals surface area contributed by atoms with Crippen LogP contribution in [0.4, 0.5) is 0 Å². The normalized spacial score (nSPS) is 8.59. The molecule has 170 valence electrons. The minimum atomic E-state index is 0.195. The monoisotopic (exact) mass is 400 g/mol. The Bertz CT molecular complexity index is 156. The highest BCUT2D eigenvalue weighted by Gasteiger charge is 1.90. The van der Waals surface area contributed by atoms with Crippen LogP contribution in [0.25, 0.3) is 0 Å². The lowest BCUT2D eigenvalue weighted by molar-refractivity contribution is -0.0980. The number of hydrogen-bond acceptors (Lipinski definition) is 7. The number of carbonyl (C=O) groups excluding carboxylic acids is 1. The van der Waals surface area contributed by atoms with Gasteiger partial charge in [0.15, 0.2) is 0 Å². The number of rotatable bonds is 13. The Labute approximate surface area is 167 Å². The quantitative estimate of drug-likeness (QED) is 0.277. The zero-order valence-electron chi connectivity index (χ0n) is 18.3. The molecule has 4 N–H and O–H groups in total. The lowest BCUT2D eigenvalue weighted by Gasteiger charge is -2.04. The molecule has 0 aromatic carbocycles. The molecular weight excluding hydrogens is 352 g/mol. The molecular formula is C20H48O7. The molecule has 7 heteroatoms. The fourth-order valence-electron chi connectivity index (χ4n) is 1.03. The fourth-order valence-corrected chi connectivity index (χ4v) is 1.03. The van der Waals surface area contributed by atoms with E-state index >= 15 is 0 Å². The van der Waals surface area contributed by atoms with Crippen molar-refractivity contribution in [2.24, 2.45) is 0 Å². The molecule has 0 radical (unpaired) electrons. The van der Waals surface area contributed by atoms with Crippen molar-refractivity contribution < 1.29 is 34.7 Å². The fraction of sp³-hybridized carbons (Fsp3) is 0.950. The first kappa shape index (κ1) is 37.2. The van der Waals surface area contributed by atoms with Crippen molar-refractivity contribution in [3.8, 4) is 0 Å². The second kappa shape index (κ2) is 56.2. The Kier molecular flexibility index (Phi) is 77.5. The van der Waals surface area contributed by atoms with Crippen molar-refractivity contribution in [2.45, 2.75) is 79.1 Å². The first-order valence-corrected chi connectivity index (χ1v) is 10.0. The Morgan fingerprint density at radius 2 is 0.778 bits per heavy atom. The van der Waals surface area contributed by atoms with Gasteiger partial charge in [-0.15, -0.1) is 0 Å². The van der Waals surface area contributed by atoms with Gasteiger partial charge in [0, 0.05) is 39.6 Å². The highest BCUT2D eigenvalue weighted by atomic mass is 16.7. The van der Waals surface area contributed by atoms with Crippen molar-refractivity contribution >= 4 is 6.79 Å². The molecule has 0 unspecified atom stereocenters. The summed E-state index contributed by atoms with van der Waals surface area (Å²) in [5.41, 5.74) is 0. The minimum absolute atomic E-state index is 0.195. The second-order valence-corrected chi connectivity index (χ2v) is 5.36. The minimum Gasteiger partial charge on any atom is -0.396 e. The summed E-state index contributed by atoms with van der Waals surface area (Å²) in [5, 5.41) is 33.1. The van der Waals surface area contributed by atoms with E-state index in [1.165, 1.54) is 12.8 Å². The topological polar surface area (TPSA) is 116 Å². The molecule has 0 atom stereocenters. The van der Waals surface area contributed by atoms with Gasteiger partial charge in [-0.25, -0.2) is 0 Å². The van der Waals surface area contributed by atoms with Crippen molar-refractivity contribution in [3.63, 3.8) is 0 Å². The molecule has 0 fully saturated rings. The average Bonchev–Trinajstić information content (AvgIpc) is 2.68. The van der Waals surface area contributed by atoms with Crippen LogP contribution in [-0.4, -0.2) is 73.6 Å². The summed E-state index contributed by atoms with van der Waals surface area (Å²) in [4.78, 5) is 8.00. The van der Waals surface area contributed by atoms with E-state index in [0.29, 0.717) is 20.0 Å². The van der Waals surface area contributed by atoms with Crippen LogP contribution in [-0.2, 0) is 14.3 Å². The predicted octanol–water partition coefficient (Wildman–Crippen LogP) is 2.92. The van der Waals surface area contributed by atoms with E-state index in [-0.39, 0.29) is 26.4 Å². The summed E-state index contributed by atoms with van der Waals surface area (Å²) in [6.45, 7) is 12.9. The summed E-state index contributed by atoms with van der Waals surface area (Å²) in [6, 6.07) is 0. The highest BCUT2D eigenvalue weighted by Crippen LogP contribution is 1.91. The van der Waals surface area contributed by atoms with Gasteiger partial charge in [-0.3, -0.25) is 0 Å². The zero-order valence-corrected chi connectivity index (χ0v) is 18.3. The third-order valence-electron chi connectivity index (χ3n) is 2.13. The molecule has 0 heterocycles. The molecule has 0 aromatic heterocycles. The maximum atomic E-state index is 8.46.